The standard InChI is InChI=1S/C10H9N3O2/c1-2-7-3-10(15)13(5-7)8-4-9(14)12-6-11-8/h1,4,6-7H,3,5H2,(H,11,12,14). The molecule has 2 rings (SSSR count). The van der Waals surface area contributed by atoms with Crippen molar-refractivity contribution >= 4 is 11.7 Å². The molecule has 5 heteroatoms. The minimum absolute atomic E-state index is 0.0846. The molecule has 15 heavy (non-hydrogen) atoms. The van der Waals surface area contributed by atoms with Gasteiger partial charge in [-0.05, 0) is 0 Å². The van der Waals surface area contributed by atoms with Gasteiger partial charge in [0.1, 0.15) is 5.82 Å². The van der Waals surface area contributed by atoms with Crippen LogP contribution in [-0.2, 0) is 4.79 Å². The highest BCUT2D eigenvalue weighted by Crippen LogP contribution is 2.21. The molecular weight excluding hydrogens is 194 g/mol. The summed E-state index contributed by atoms with van der Waals surface area (Å²) >= 11 is 0. The summed E-state index contributed by atoms with van der Waals surface area (Å²) in [7, 11) is 0. The van der Waals surface area contributed by atoms with Gasteiger partial charge in [-0.2, -0.15) is 0 Å². The van der Waals surface area contributed by atoms with Gasteiger partial charge in [-0.3, -0.25) is 14.5 Å². The van der Waals surface area contributed by atoms with Crippen molar-refractivity contribution in [1.29, 1.82) is 0 Å². The first-order chi connectivity index (χ1) is 7.20. The maximum absolute atomic E-state index is 11.5. The van der Waals surface area contributed by atoms with Gasteiger partial charge in [-0.15, -0.1) is 12.3 Å². The van der Waals surface area contributed by atoms with E-state index in [9.17, 15) is 9.59 Å². The van der Waals surface area contributed by atoms with E-state index in [0.29, 0.717) is 18.8 Å². The first-order valence-electron chi connectivity index (χ1n) is 4.52. The molecule has 1 aliphatic rings. The van der Waals surface area contributed by atoms with E-state index in [-0.39, 0.29) is 17.4 Å². The van der Waals surface area contributed by atoms with Gasteiger partial charge in [-0.1, -0.05) is 0 Å². The van der Waals surface area contributed by atoms with Gasteiger partial charge in [0.15, 0.2) is 0 Å². The lowest BCUT2D eigenvalue weighted by Gasteiger charge is -2.13. The van der Waals surface area contributed by atoms with E-state index in [0.717, 1.165) is 0 Å². The second-order valence-electron chi connectivity index (χ2n) is 3.34. The molecule has 1 fully saturated rings. The zero-order valence-corrected chi connectivity index (χ0v) is 7.93. The Bertz CT molecular complexity index is 486. The molecule has 1 atom stereocenters. The van der Waals surface area contributed by atoms with Gasteiger partial charge in [0.2, 0.25) is 5.91 Å². The predicted octanol–water partition coefficient (Wildman–Crippen LogP) is -0.244. The molecule has 0 saturated carbocycles. The maximum atomic E-state index is 11.5. The molecule has 1 unspecified atom stereocenters. The number of hydrogen-bond donors (Lipinski definition) is 1. The normalized spacial score (nSPS) is 20.3. The summed E-state index contributed by atoms with van der Waals surface area (Å²) in [6.45, 7) is 0.436. The van der Waals surface area contributed by atoms with Crippen molar-refractivity contribution in [2.75, 3.05) is 11.4 Å². The predicted molar refractivity (Wildman–Crippen MR) is 54.2 cm³/mol. The number of anilines is 1. The molecule has 0 radical (unpaired) electrons. The molecule has 0 spiro atoms. The average molecular weight is 203 g/mol. The SMILES string of the molecule is C#CC1CC(=O)N(c2cc(=O)[nH]cn2)C1. The molecule has 0 bridgehead atoms. The Hall–Kier alpha value is -2.09. The molecule has 76 valence electrons. The van der Waals surface area contributed by atoms with Crippen LogP contribution in [-0.4, -0.2) is 22.4 Å². The molecule has 1 aromatic heterocycles. The maximum Gasteiger partial charge on any atom is 0.252 e. The fourth-order valence-corrected chi connectivity index (χ4v) is 1.55. The van der Waals surface area contributed by atoms with Crippen molar-refractivity contribution in [1.82, 2.24) is 9.97 Å². The third kappa shape index (κ3) is 1.74. The zero-order chi connectivity index (χ0) is 10.8. The van der Waals surface area contributed by atoms with E-state index in [1.54, 1.807) is 0 Å². The highest BCUT2D eigenvalue weighted by Gasteiger charge is 2.30. The molecule has 2 heterocycles. The third-order valence-corrected chi connectivity index (χ3v) is 2.30. The van der Waals surface area contributed by atoms with Gasteiger partial charge >= 0.3 is 0 Å². The van der Waals surface area contributed by atoms with E-state index in [1.807, 2.05) is 0 Å². The summed E-state index contributed by atoms with van der Waals surface area (Å²) in [5.74, 6) is 2.72. The molecule has 0 aliphatic carbocycles. The van der Waals surface area contributed by atoms with Crippen LogP contribution in [0.4, 0.5) is 5.82 Å². The first-order valence-corrected chi connectivity index (χ1v) is 4.52. The molecule has 5 nitrogen and oxygen atoms in total. The molecule has 1 amide bonds. The van der Waals surface area contributed by atoms with Crippen LogP contribution in [0.5, 0.6) is 0 Å². The minimum atomic E-state index is -0.281. The summed E-state index contributed by atoms with van der Waals surface area (Å²) in [5, 5.41) is 0. The molecule has 1 aromatic rings. The van der Waals surface area contributed by atoms with E-state index >= 15 is 0 Å². The Labute approximate surface area is 86.1 Å². The molecule has 1 aliphatic heterocycles. The van der Waals surface area contributed by atoms with Crippen molar-refractivity contribution in [3.05, 3.63) is 22.7 Å². The van der Waals surface area contributed by atoms with Crippen LogP contribution < -0.4 is 10.5 Å². The molecular formula is C10H9N3O2. The summed E-state index contributed by atoms with van der Waals surface area (Å²) in [4.78, 5) is 30.3. The zero-order valence-electron chi connectivity index (χ0n) is 7.93. The van der Waals surface area contributed by atoms with Crippen molar-refractivity contribution in [2.45, 2.75) is 6.42 Å². The van der Waals surface area contributed by atoms with Gasteiger partial charge in [0.05, 0.1) is 6.33 Å². The van der Waals surface area contributed by atoms with Gasteiger partial charge in [0, 0.05) is 24.9 Å². The second-order valence-corrected chi connectivity index (χ2v) is 3.34. The number of amides is 1. The highest BCUT2D eigenvalue weighted by molar-refractivity contribution is 5.95. The van der Waals surface area contributed by atoms with Gasteiger partial charge in [0.25, 0.3) is 5.56 Å². The minimum Gasteiger partial charge on any atom is -0.313 e. The Balaban J connectivity index is 2.30. The van der Waals surface area contributed by atoms with Crippen LogP contribution in [0.25, 0.3) is 0 Å². The number of aromatic nitrogens is 2. The van der Waals surface area contributed by atoms with Crippen LogP contribution in [0.15, 0.2) is 17.2 Å². The van der Waals surface area contributed by atoms with Crippen LogP contribution in [0, 0.1) is 18.3 Å². The monoisotopic (exact) mass is 203 g/mol. The quantitative estimate of drug-likeness (QED) is 0.640. The summed E-state index contributed by atoms with van der Waals surface area (Å²) in [6.07, 6.45) is 6.85. The van der Waals surface area contributed by atoms with E-state index in [2.05, 4.69) is 15.9 Å². The third-order valence-electron chi connectivity index (χ3n) is 2.30. The summed E-state index contributed by atoms with van der Waals surface area (Å²) in [6, 6.07) is 1.29. The second kappa shape index (κ2) is 3.58. The lowest BCUT2D eigenvalue weighted by atomic mass is 10.1. The van der Waals surface area contributed by atoms with Crippen molar-refractivity contribution in [2.24, 2.45) is 5.92 Å². The van der Waals surface area contributed by atoms with Crippen LogP contribution in [0.2, 0.25) is 0 Å². The Morgan fingerprint density at radius 3 is 3.00 bits per heavy atom. The summed E-state index contributed by atoms with van der Waals surface area (Å²) < 4.78 is 0. The first kappa shape index (κ1) is 9.46. The summed E-state index contributed by atoms with van der Waals surface area (Å²) in [5.41, 5.74) is -0.281. The number of aromatic amines is 1. The van der Waals surface area contributed by atoms with Crippen LogP contribution in [0.1, 0.15) is 6.42 Å². The van der Waals surface area contributed by atoms with E-state index in [4.69, 9.17) is 6.42 Å². The average Bonchev–Trinajstić information content (AvgIpc) is 2.60. The smallest absolute Gasteiger partial charge is 0.252 e. The van der Waals surface area contributed by atoms with Crippen LogP contribution >= 0.6 is 0 Å². The number of terminal acetylenes is 1. The lowest BCUT2D eigenvalue weighted by molar-refractivity contribution is -0.117. The fourth-order valence-electron chi connectivity index (χ4n) is 1.55. The number of carbonyl (C=O) groups is 1. The Morgan fingerprint density at radius 2 is 2.40 bits per heavy atom. The topological polar surface area (TPSA) is 66.1 Å². The van der Waals surface area contributed by atoms with Crippen LogP contribution in [0.3, 0.4) is 0 Å². The van der Waals surface area contributed by atoms with Crippen molar-refractivity contribution in [3.8, 4) is 12.3 Å². The Kier molecular flexibility index (Phi) is 2.26. The highest BCUT2D eigenvalue weighted by atomic mass is 16.2. The van der Waals surface area contributed by atoms with Gasteiger partial charge < -0.3 is 4.98 Å². The number of rotatable bonds is 1. The molecule has 0 aromatic carbocycles. The molecule has 1 saturated heterocycles. The number of H-pyrrole nitrogens is 1. The number of nitrogens with one attached hydrogen (secondary N) is 1. The Morgan fingerprint density at radius 1 is 1.60 bits per heavy atom. The largest absolute Gasteiger partial charge is 0.313 e. The number of hydrogen-bond acceptors (Lipinski definition) is 3. The van der Waals surface area contributed by atoms with E-state index in [1.165, 1.54) is 17.3 Å². The van der Waals surface area contributed by atoms with Crippen molar-refractivity contribution < 1.29 is 4.79 Å². The van der Waals surface area contributed by atoms with E-state index < -0.39 is 0 Å². The lowest BCUT2D eigenvalue weighted by Crippen LogP contribution is -2.26. The number of carbonyl (C=O) groups excluding carboxylic acids is 1. The van der Waals surface area contributed by atoms with Crippen molar-refractivity contribution in [3.63, 3.8) is 0 Å². The molecule has 1 N–H and O–H groups in total. The fraction of sp³-hybridized carbons (Fsp3) is 0.300. The number of nitrogens with zero attached hydrogens (tertiary/aromatic N) is 2. The van der Waals surface area contributed by atoms with Gasteiger partial charge in [-0.25, -0.2) is 4.98 Å².